The van der Waals surface area contributed by atoms with Crippen molar-refractivity contribution < 1.29 is 9.59 Å². The lowest BCUT2D eigenvalue weighted by atomic mass is 10.00. The van der Waals surface area contributed by atoms with Crippen LogP contribution < -0.4 is 10.6 Å². The van der Waals surface area contributed by atoms with Crippen LogP contribution in [0.25, 0.3) is 0 Å². The summed E-state index contributed by atoms with van der Waals surface area (Å²) in [5, 5.41) is 14.2. The lowest BCUT2D eigenvalue weighted by molar-refractivity contribution is -0.115. The van der Waals surface area contributed by atoms with Crippen LogP contribution in [0, 0.1) is 0 Å². The fourth-order valence-corrected chi connectivity index (χ4v) is 2.71. The van der Waals surface area contributed by atoms with Gasteiger partial charge in [-0.05, 0) is 60.4 Å². The molecule has 2 aromatic rings. The van der Waals surface area contributed by atoms with E-state index in [9.17, 15) is 9.59 Å². The first-order chi connectivity index (χ1) is 11.5. The number of nitrogens with one attached hydrogen (secondary N) is 2. The molecule has 0 aliphatic carbocycles. The zero-order valence-corrected chi connectivity index (χ0v) is 13.6. The monoisotopic (exact) mass is 322 g/mol. The van der Waals surface area contributed by atoms with E-state index < -0.39 is 0 Å². The van der Waals surface area contributed by atoms with Crippen LogP contribution in [0.1, 0.15) is 25.0 Å². The van der Waals surface area contributed by atoms with Gasteiger partial charge in [-0.2, -0.15) is 10.2 Å². The largest absolute Gasteiger partial charge is 0.326 e. The Morgan fingerprint density at radius 2 is 1.21 bits per heavy atom. The van der Waals surface area contributed by atoms with E-state index in [1.165, 1.54) is 13.8 Å². The van der Waals surface area contributed by atoms with Gasteiger partial charge < -0.3 is 10.6 Å². The summed E-state index contributed by atoms with van der Waals surface area (Å²) in [5.41, 5.74) is 5.18. The average molecular weight is 322 g/mol. The van der Waals surface area contributed by atoms with E-state index in [1.54, 1.807) is 0 Å². The van der Waals surface area contributed by atoms with Crippen molar-refractivity contribution in [1.82, 2.24) is 0 Å². The molecule has 6 heteroatoms. The van der Waals surface area contributed by atoms with Gasteiger partial charge in [0.25, 0.3) is 0 Å². The Bertz CT molecular complexity index is 773. The van der Waals surface area contributed by atoms with Gasteiger partial charge in [-0.3, -0.25) is 9.59 Å². The molecule has 0 saturated heterocycles. The van der Waals surface area contributed by atoms with Gasteiger partial charge in [0, 0.05) is 25.2 Å². The molecule has 3 rings (SSSR count). The maximum atomic E-state index is 11.2. The molecule has 0 spiro atoms. The highest BCUT2D eigenvalue weighted by Gasteiger charge is 2.12. The van der Waals surface area contributed by atoms with Gasteiger partial charge in [0.05, 0.1) is 11.4 Å². The summed E-state index contributed by atoms with van der Waals surface area (Å²) < 4.78 is 0. The van der Waals surface area contributed by atoms with Gasteiger partial charge in [-0.1, -0.05) is 0 Å². The number of amides is 2. The van der Waals surface area contributed by atoms with E-state index in [0.717, 1.165) is 46.7 Å². The van der Waals surface area contributed by atoms with Crippen LogP contribution in [-0.4, -0.2) is 11.8 Å². The predicted octanol–water partition coefficient (Wildman–Crippen LogP) is 4.12. The number of anilines is 2. The van der Waals surface area contributed by atoms with Crippen LogP contribution in [-0.2, 0) is 22.4 Å². The number of carbonyl (C=O) groups excluding carboxylic acids is 2. The van der Waals surface area contributed by atoms with Crippen LogP contribution in [0.3, 0.4) is 0 Å². The normalized spacial score (nSPS) is 12.4. The summed E-state index contributed by atoms with van der Waals surface area (Å²) in [6.07, 6.45) is 1.55. The van der Waals surface area contributed by atoms with Crippen molar-refractivity contribution in [2.75, 3.05) is 10.6 Å². The maximum Gasteiger partial charge on any atom is 0.221 e. The van der Waals surface area contributed by atoms with Gasteiger partial charge in [0.1, 0.15) is 0 Å². The molecule has 6 nitrogen and oxygen atoms in total. The second-order valence-electron chi connectivity index (χ2n) is 5.75. The molecule has 0 atom stereocenters. The minimum Gasteiger partial charge on any atom is -0.326 e. The van der Waals surface area contributed by atoms with Crippen LogP contribution in [0.2, 0.25) is 0 Å². The average Bonchev–Trinajstić information content (AvgIpc) is 2.49. The highest BCUT2D eigenvalue weighted by molar-refractivity contribution is 5.89. The van der Waals surface area contributed by atoms with E-state index in [-0.39, 0.29) is 11.8 Å². The Balaban J connectivity index is 1.91. The van der Waals surface area contributed by atoms with E-state index in [0.29, 0.717) is 0 Å². The smallest absolute Gasteiger partial charge is 0.221 e. The molecule has 0 unspecified atom stereocenters. The molecule has 2 aromatic carbocycles. The molecule has 1 heterocycles. The summed E-state index contributed by atoms with van der Waals surface area (Å²) in [5.74, 6) is -0.208. The third-order valence-corrected chi connectivity index (χ3v) is 3.73. The zero-order chi connectivity index (χ0) is 17.1. The molecule has 0 bridgehead atoms. The van der Waals surface area contributed by atoms with Gasteiger partial charge in [-0.25, -0.2) is 0 Å². The van der Waals surface area contributed by atoms with Crippen LogP contribution in [0.4, 0.5) is 22.7 Å². The summed E-state index contributed by atoms with van der Waals surface area (Å²) >= 11 is 0. The first-order valence-electron chi connectivity index (χ1n) is 7.74. The highest BCUT2D eigenvalue weighted by atomic mass is 16.2. The van der Waals surface area contributed by atoms with Gasteiger partial charge in [0.15, 0.2) is 0 Å². The molecule has 122 valence electrons. The molecular weight excluding hydrogens is 304 g/mol. The van der Waals surface area contributed by atoms with E-state index in [2.05, 4.69) is 20.9 Å². The van der Waals surface area contributed by atoms with E-state index in [4.69, 9.17) is 0 Å². The van der Waals surface area contributed by atoms with Crippen LogP contribution in [0.5, 0.6) is 0 Å². The number of hydrogen-bond donors (Lipinski definition) is 2. The van der Waals surface area contributed by atoms with Crippen molar-refractivity contribution >= 4 is 34.6 Å². The highest BCUT2D eigenvalue weighted by Crippen LogP contribution is 2.33. The lowest BCUT2D eigenvalue weighted by Crippen LogP contribution is -2.07. The molecule has 0 saturated carbocycles. The second kappa shape index (κ2) is 6.62. The zero-order valence-electron chi connectivity index (χ0n) is 13.6. The third-order valence-electron chi connectivity index (χ3n) is 3.73. The summed E-state index contributed by atoms with van der Waals surface area (Å²) in [7, 11) is 0. The summed E-state index contributed by atoms with van der Waals surface area (Å²) in [6, 6.07) is 11.2. The number of rotatable bonds is 2. The first-order valence-corrected chi connectivity index (χ1v) is 7.74. The fraction of sp³-hybridized carbons (Fsp3) is 0.222. The van der Waals surface area contributed by atoms with Crippen molar-refractivity contribution in [2.45, 2.75) is 26.7 Å². The Labute approximate surface area is 140 Å². The number of hydrogen-bond acceptors (Lipinski definition) is 4. The third kappa shape index (κ3) is 3.65. The van der Waals surface area contributed by atoms with Crippen molar-refractivity contribution in [3.63, 3.8) is 0 Å². The Morgan fingerprint density at radius 1 is 0.792 bits per heavy atom. The van der Waals surface area contributed by atoms with Gasteiger partial charge in [-0.15, -0.1) is 0 Å². The first kappa shape index (κ1) is 15.9. The molecule has 1 aliphatic heterocycles. The minimum absolute atomic E-state index is 0.104. The predicted molar refractivity (Wildman–Crippen MR) is 93.1 cm³/mol. The molecule has 0 aromatic heterocycles. The van der Waals surface area contributed by atoms with Crippen molar-refractivity contribution in [1.29, 1.82) is 0 Å². The fourth-order valence-electron chi connectivity index (χ4n) is 2.71. The van der Waals surface area contributed by atoms with Crippen molar-refractivity contribution in [2.24, 2.45) is 10.2 Å². The summed E-state index contributed by atoms with van der Waals surface area (Å²) in [6.45, 7) is 2.96. The van der Waals surface area contributed by atoms with Gasteiger partial charge in [0.2, 0.25) is 11.8 Å². The Morgan fingerprint density at radius 3 is 1.58 bits per heavy atom. The van der Waals surface area contributed by atoms with Crippen LogP contribution >= 0.6 is 0 Å². The number of nitrogens with zero attached hydrogens (tertiary/aromatic N) is 2. The number of fused-ring (bicyclic) bond motifs is 2. The Kier molecular flexibility index (Phi) is 4.37. The number of azo groups is 1. The maximum absolute atomic E-state index is 11.2. The lowest BCUT2D eigenvalue weighted by Gasteiger charge is -2.14. The van der Waals surface area contributed by atoms with E-state index in [1.807, 2.05) is 36.4 Å². The molecular formula is C18H18N4O2. The Hall–Kier alpha value is -3.02. The van der Waals surface area contributed by atoms with E-state index >= 15 is 0 Å². The van der Waals surface area contributed by atoms with Crippen LogP contribution in [0.15, 0.2) is 46.6 Å². The van der Waals surface area contributed by atoms with Gasteiger partial charge >= 0.3 is 0 Å². The molecule has 0 fully saturated rings. The number of aryl methyl sites for hydroxylation is 2. The topological polar surface area (TPSA) is 82.9 Å². The van der Waals surface area contributed by atoms with Crippen molar-refractivity contribution in [3.05, 3.63) is 47.5 Å². The summed E-state index contributed by atoms with van der Waals surface area (Å²) in [4.78, 5) is 22.4. The molecule has 0 radical (unpaired) electrons. The standard InChI is InChI=1S/C18H18N4O2/c1-11(23)19-15-5-7-17-13(9-15)3-4-14-10-16(20-12(2)24)6-8-18(14)22-21-17/h5-10H,3-4H2,1-2H3,(H,19,23)(H,20,24). The minimum atomic E-state index is -0.104. The number of benzene rings is 2. The SMILES string of the molecule is CC(=O)Nc1ccc2c(c1)CCc1cc(NC(C)=O)ccc1N=N2. The van der Waals surface area contributed by atoms with Crippen molar-refractivity contribution in [3.8, 4) is 0 Å². The number of carbonyl (C=O) groups is 2. The quantitative estimate of drug-likeness (QED) is 0.872. The molecule has 24 heavy (non-hydrogen) atoms. The molecule has 2 amide bonds. The molecule has 1 aliphatic rings. The molecule has 2 N–H and O–H groups in total. The second-order valence-corrected chi connectivity index (χ2v) is 5.75.